The van der Waals surface area contributed by atoms with E-state index in [0.717, 1.165) is 18.7 Å². The Morgan fingerprint density at radius 1 is 1.38 bits per heavy atom. The SMILES string of the molecule is CC1(c2noc(-c3cncc(O)c3)n2)CC1. The number of aromatic hydroxyl groups is 1. The van der Waals surface area contributed by atoms with Crippen molar-refractivity contribution in [1.82, 2.24) is 15.1 Å². The van der Waals surface area contributed by atoms with Crippen molar-refractivity contribution in [3.05, 3.63) is 24.3 Å². The van der Waals surface area contributed by atoms with Gasteiger partial charge >= 0.3 is 0 Å². The van der Waals surface area contributed by atoms with Crippen LogP contribution in [0.3, 0.4) is 0 Å². The number of aromatic nitrogens is 3. The molecule has 16 heavy (non-hydrogen) atoms. The van der Waals surface area contributed by atoms with Gasteiger partial charge < -0.3 is 9.63 Å². The van der Waals surface area contributed by atoms with E-state index >= 15 is 0 Å². The summed E-state index contributed by atoms with van der Waals surface area (Å²) in [5.41, 5.74) is 0.731. The maximum atomic E-state index is 9.30. The van der Waals surface area contributed by atoms with Crippen molar-refractivity contribution < 1.29 is 9.63 Å². The molecule has 0 amide bonds. The van der Waals surface area contributed by atoms with Crippen LogP contribution in [0.4, 0.5) is 0 Å². The fourth-order valence-electron chi connectivity index (χ4n) is 1.54. The molecule has 0 atom stereocenters. The van der Waals surface area contributed by atoms with Crippen LogP contribution in [0.25, 0.3) is 11.5 Å². The molecular formula is C11H11N3O2. The monoisotopic (exact) mass is 217 g/mol. The fourth-order valence-corrected chi connectivity index (χ4v) is 1.54. The molecule has 1 fully saturated rings. The van der Waals surface area contributed by atoms with E-state index in [1.54, 1.807) is 12.3 Å². The maximum absolute atomic E-state index is 9.30. The zero-order chi connectivity index (χ0) is 11.2. The van der Waals surface area contributed by atoms with E-state index in [2.05, 4.69) is 22.0 Å². The minimum atomic E-state index is 0.0893. The lowest BCUT2D eigenvalue weighted by Crippen LogP contribution is -2.01. The maximum Gasteiger partial charge on any atom is 0.259 e. The van der Waals surface area contributed by atoms with Crippen LogP contribution < -0.4 is 0 Å². The summed E-state index contributed by atoms with van der Waals surface area (Å²) >= 11 is 0. The number of hydrogen-bond donors (Lipinski definition) is 1. The standard InChI is InChI=1S/C11H11N3O2/c1-11(2-3-11)10-13-9(16-14-10)7-4-8(15)6-12-5-7/h4-6,15H,2-3H2,1H3. The smallest absolute Gasteiger partial charge is 0.259 e. The largest absolute Gasteiger partial charge is 0.506 e. The molecular weight excluding hydrogens is 206 g/mol. The predicted octanol–water partition coefficient (Wildman–Crippen LogP) is 1.89. The molecule has 1 aliphatic carbocycles. The van der Waals surface area contributed by atoms with Crippen molar-refractivity contribution in [3.63, 3.8) is 0 Å². The average molecular weight is 217 g/mol. The van der Waals surface area contributed by atoms with Crippen molar-refractivity contribution in [3.8, 4) is 17.2 Å². The van der Waals surface area contributed by atoms with Gasteiger partial charge in [-0.3, -0.25) is 4.98 Å². The predicted molar refractivity (Wildman–Crippen MR) is 55.8 cm³/mol. The van der Waals surface area contributed by atoms with Crippen molar-refractivity contribution >= 4 is 0 Å². The van der Waals surface area contributed by atoms with Gasteiger partial charge in [0.2, 0.25) is 0 Å². The Hall–Kier alpha value is -1.91. The van der Waals surface area contributed by atoms with E-state index in [4.69, 9.17) is 4.52 Å². The molecule has 1 aliphatic rings. The van der Waals surface area contributed by atoms with Crippen LogP contribution in [0.15, 0.2) is 23.0 Å². The molecule has 5 heteroatoms. The zero-order valence-corrected chi connectivity index (χ0v) is 8.84. The van der Waals surface area contributed by atoms with E-state index in [1.807, 2.05) is 0 Å². The number of rotatable bonds is 2. The van der Waals surface area contributed by atoms with Crippen molar-refractivity contribution in [2.45, 2.75) is 25.2 Å². The number of hydrogen-bond acceptors (Lipinski definition) is 5. The summed E-state index contributed by atoms with van der Waals surface area (Å²) in [5.74, 6) is 1.24. The van der Waals surface area contributed by atoms with Crippen LogP contribution in [-0.2, 0) is 5.41 Å². The third kappa shape index (κ3) is 1.44. The molecule has 0 unspecified atom stereocenters. The normalized spacial score (nSPS) is 17.3. The highest BCUT2D eigenvalue weighted by molar-refractivity contribution is 5.53. The molecule has 0 aromatic carbocycles. The highest BCUT2D eigenvalue weighted by Crippen LogP contribution is 2.46. The first kappa shape index (κ1) is 9.33. The Kier molecular flexibility index (Phi) is 1.77. The first-order valence-corrected chi connectivity index (χ1v) is 5.16. The lowest BCUT2D eigenvalue weighted by Gasteiger charge is -1.97. The minimum Gasteiger partial charge on any atom is -0.506 e. The molecule has 3 rings (SSSR count). The second-order valence-electron chi connectivity index (χ2n) is 4.42. The lowest BCUT2D eigenvalue weighted by atomic mass is 10.1. The summed E-state index contributed by atoms with van der Waals surface area (Å²) < 4.78 is 5.16. The van der Waals surface area contributed by atoms with Crippen molar-refractivity contribution in [1.29, 1.82) is 0 Å². The topological polar surface area (TPSA) is 72.0 Å². The van der Waals surface area contributed by atoms with Crippen molar-refractivity contribution in [2.24, 2.45) is 0 Å². The molecule has 0 spiro atoms. The van der Waals surface area contributed by atoms with Crippen LogP contribution in [0.1, 0.15) is 25.6 Å². The van der Waals surface area contributed by atoms with Gasteiger partial charge in [-0.15, -0.1) is 0 Å². The van der Waals surface area contributed by atoms with E-state index in [-0.39, 0.29) is 11.2 Å². The molecule has 2 aromatic rings. The molecule has 0 radical (unpaired) electrons. The second-order valence-corrected chi connectivity index (χ2v) is 4.42. The zero-order valence-electron chi connectivity index (χ0n) is 8.84. The van der Waals surface area contributed by atoms with Crippen LogP contribution in [0.2, 0.25) is 0 Å². The van der Waals surface area contributed by atoms with Gasteiger partial charge in [-0.05, 0) is 18.9 Å². The van der Waals surface area contributed by atoms with Crippen LogP contribution in [-0.4, -0.2) is 20.2 Å². The van der Waals surface area contributed by atoms with E-state index in [0.29, 0.717) is 11.5 Å². The van der Waals surface area contributed by atoms with Gasteiger partial charge in [0, 0.05) is 11.6 Å². The molecule has 5 nitrogen and oxygen atoms in total. The van der Waals surface area contributed by atoms with E-state index < -0.39 is 0 Å². The van der Waals surface area contributed by atoms with Gasteiger partial charge in [-0.25, -0.2) is 0 Å². The molecule has 82 valence electrons. The lowest BCUT2D eigenvalue weighted by molar-refractivity contribution is 0.415. The summed E-state index contributed by atoms with van der Waals surface area (Å²) in [5, 5.41) is 13.3. The Bertz CT molecular complexity index is 532. The summed E-state index contributed by atoms with van der Waals surface area (Å²) in [6.45, 7) is 2.11. The molecule has 0 bridgehead atoms. The minimum absolute atomic E-state index is 0.0893. The Morgan fingerprint density at radius 2 is 2.19 bits per heavy atom. The van der Waals surface area contributed by atoms with E-state index in [9.17, 15) is 5.11 Å². The highest BCUT2D eigenvalue weighted by Gasteiger charge is 2.43. The summed E-state index contributed by atoms with van der Waals surface area (Å²) in [6, 6.07) is 1.56. The molecule has 0 saturated heterocycles. The summed E-state index contributed by atoms with van der Waals surface area (Å²) in [4.78, 5) is 8.20. The first-order valence-electron chi connectivity index (χ1n) is 5.16. The summed E-state index contributed by atoms with van der Waals surface area (Å²) in [6.07, 6.45) is 5.16. The highest BCUT2D eigenvalue weighted by atomic mass is 16.5. The molecule has 1 saturated carbocycles. The Balaban J connectivity index is 1.98. The van der Waals surface area contributed by atoms with E-state index in [1.165, 1.54) is 6.20 Å². The van der Waals surface area contributed by atoms with Gasteiger partial charge in [0.25, 0.3) is 5.89 Å². The molecule has 2 heterocycles. The number of pyridine rings is 1. The van der Waals surface area contributed by atoms with Gasteiger partial charge in [0.1, 0.15) is 5.75 Å². The average Bonchev–Trinajstić information content (AvgIpc) is 2.83. The Labute approximate surface area is 92.1 Å². The van der Waals surface area contributed by atoms with Gasteiger partial charge in [0.05, 0.1) is 11.8 Å². The molecule has 0 aliphatic heterocycles. The molecule has 1 N–H and O–H groups in total. The van der Waals surface area contributed by atoms with Crippen LogP contribution >= 0.6 is 0 Å². The van der Waals surface area contributed by atoms with Crippen LogP contribution in [0.5, 0.6) is 5.75 Å². The molecule has 2 aromatic heterocycles. The summed E-state index contributed by atoms with van der Waals surface area (Å²) in [7, 11) is 0. The fraction of sp³-hybridized carbons (Fsp3) is 0.364. The Morgan fingerprint density at radius 3 is 2.88 bits per heavy atom. The second kappa shape index (κ2) is 3.04. The third-order valence-corrected chi connectivity index (χ3v) is 2.94. The van der Waals surface area contributed by atoms with Gasteiger partial charge in [-0.1, -0.05) is 12.1 Å². The third-order valence-electron chi connectivity index (χ3n) is 2.94. The quantitative estimate of drug-likeness (QED) is 0.831. The van der Waals surface area contributed by atoms with Crippen molar-refractivity contribution in [2.75, 3.05) is 0 Å². The number of nitrogens with zero attached hydrogens (tertiary/aromatic N) is 3. The first-order chi connectivity index (χ1) is 7.67. The van der Waals surface area contributed by atoms with Crippen LogP contribution in [0, 0.1) is 0 Å². The van der Waals surface area contributed by atoms with Gasteiger partial charge in [-0.2, -0.15) is 4.98 Å². The van der Waals surface area contributed by atoms with Gasteiger partial charge in [0.15, 0.2) is 5.82 Å².